The molecule has 16 heavy (non-hydrogen) atoms. The van der Waals surface area contributed by atoms with Gasteiger partial charge < -0.3 is 0 Å². The topological polar surface area (TPSA) is 54.9 Å². The van der Waals surface area contributed by atoms with Gasteiger partial charge >= 0.3 is 0 Å². The lowest BCUT2D eigenvalue weighted by atomic mass is 10.2. The minimum Gasteiger partial charge on any atom is -0.268 e. The van der Waals surface area contributed by atoms with Crippen LogP contribution in [0, 0.1) is 13.8 Å². The van der Waals surface area contributed by atoms with Gasteiger partial charge in [-0.05, 0) is 32.4 Å². The van der Waals surface area contributed by atoms with Crippen molar-refractivity contribution < 1.29 is 0 Å². The van der Waals surface area contributed by atoms with Gasteiger partial charge in [0.2, 0.25) is 0 Å². The van der Waals surface area contributed by atoms with Crippen molar-refractivity contribution in [2.75, 3.05) is 5.75 Å². The Morgan fingerprint density at radius 2 is 1.81 bits per heavy atom. The minimum atomic E-state index is -0.175. The fraction of sp³-hybridized carbons (Fsp3) is 0.636. The van der Waals surface area contributed by atoms with Gasteiger partial charge in [0, 0.05) is 17.7 Å². The molecular formula is C11H18N2O2S. The Hall–Kier alpha value is -0.970. The summed E-state index contributed by atoms with van der Waals surface area (Å²) in [6.07, 6.45) is 2.94. The molecule has 5 heteroatoms. The highest BCUT2D eigenvalue weighted by Crippen LogP contribution is 1.98. The second-order valence-electron chi connectivity index (χ2n) is 3.93. The van der Waals surface area contributed by atoms with E-state index in [9.17, 15) is 9.59 Å². The molecule has 0 amide bonds. The molecule has 0 spiro atoms. The lowest BCUT2D eigenvalue weighted by molar-refractivity contribution is 0.519. The van der Waals surface area contributed by atoms with Gasteiger partial charge in [0.05, 0.1) is 0 Å². The third kappa shape index (κ3) is 3.01. The van der Waals surface area contributed by atoms with Gasteiger partial charge in [0.1, 0.15) is 0 Å². The van der Waals surface area contributed by atoms with Crippen molar-refractivity contribution in [3.63, 3.8) is 0 Å². The zero-order valence-corrected chi connectivity index (χ0v) is 10.6. The van der Waals surface area contributed by atoms with Crippen LogP contribution in [0.25, 0.3) is 0 Å². The SMILES string of the molecule is Cc1c(C)c(=O)n(CCCCCS)[nH]c1=O. The number of H-pyrrole nitrogens is 1. The molecule has 0 atom stereocenters. The lowest BCUT2D eigenvalue weighted by Gasteiger charge is -2.07. The van der Waals surface area contributed by atoms with Crippen LogP contribution < -0.4 is 11.1 Å². The van der Waals surface area contributed by atoms with Crippen molar-refractivity contribution in [3.8, 4) is 0 Å². The molecule has 0 unspecified atom stereocenters. The Morgan fingerprint density at radius 1 is 1.12 bits per heavy atom. The van der Waals surface area contributed by atoms with E-state index in [2.05, 4.69) is 17.7 Å². The van der Waals surface area contributed by atoms with E-state index in [1.54, 1.807) is 13.8 Å². The maximum Gasteiger partial charge on any atom is 0.268 e. The number of hydrogen-bond donors (Lipinski definition) is 2. The van der Waals surface area contributed by atoms with Crippen LogP contribution in [0.3, 0.4) is 0 Å². The molecule has 0 bridgehead atoms. The van der Waals surface area contributed by atoms with Gasteiger partial charge in [-0.2, -0.15) is 12.6 Å². The number of nitrogens with one attached hydrogen (secondary N) is 1. The molecule has 0 fully saturated rings. The van der Waals surface area contributed by atoms with Gasteiger partial charge in [-0.3, -0.25) is 19.4 Å². The molecule has 0 aliphatic heterocycles. The van der Waals surface area contributed by atoms with Gasteiger partial charge in [0.15, 0.2) is 0 Å². The van der Waals surface area contributed by atoms with E-state index in [-0.39, 0.29) is 11.1 Å². The first-order chi connectivity index (χ1) is 7.57. The van der Waals surface area contributed by atoms with E-state index in [0.29, 0.717) is 17.7 Å². The molecule has 0 saturated heterocycles. The predicted octanol–water partition coefficient (Wildman–Crippen LogP) is 1.25. The Bertz CT molecular complexity index is 462. The molecule has 4 nitrogen and oxygen atoms in total. The first-order valence-electron chi connectivity index (χ1n) is 5.49. The first kappa shape index (κ1) is 13.1. The molecular weight excluding hydrogens is 224 g/mol. The summed E-state index contributed by atoms with van der Waals surface area (Å²) in [5, 5.41) is 2.59. The minimum absolute atomic E-state index is 0.0945. The number of aromatic nitrogens is 2. The molecule has 1 aromatic heterocycles. The van der Waals surface area contributed by atoms with Crippen LogP contribution in [-0.2, 0) is 6.54 Å². The summed E-state index contributed by atoms with van der Waals surface area (Å²) in [6.45, 7) is 3.93. The highest BCUT2D eigenvalue weighted by atomic mass is 32.1. The summed E-state index contributed by atoms with van der Waals surface area (Å²) < 4.78 is 1.41. The van der Waals surface area contributed by atoms with E-state index in [1.165, 1.54) is 4.68 Å². The zero-order chi connectivity index (χ0) is 12.1. The number of aromatic amines is 1. The molecule has 1 rings (SSSR count). The number of aryl methyl sites for hydroxylation is 1. The van der Waals surface area contributed by atoms with E-state index < -0.39 is 0 Å². The van der Waals surface area contributed by atoms with Gasteiger partial charge in [0.25, 0.3) is 11.1 Å². The number of rotatable bonds is 5. The van der Waals surface area contributed by atoms with E-state index >= 15 is 0 Å². The van der Waals surface area contributed by atoms with Crippen LogP contribution in [0.1, 0.15) is 30.4 Å². The second-order valence-corrected chi connectivity index (χ2v) is 4.38. The van der Waals surface area contributed by atoms with Crippen molar-refractivity contribution in [3.05, 3.63) is 31.8 Å². The number of unbranched alkanes of at least 4 members (excludes halogenated alkanes) is 2. The molecule has 0 aliphatic rings. The van der Waals surface area contributed by atoms with Crippen molar-refractivity contribution in [1.29, 1.82) is 0 Å². The average Bonchev–Trinajstić information content (AvgIpc) is 2.28. The molecule has 1 N–H and O–H groups in total. The van der Waals surface area contributed by atoms with Crippen molar-refractivity contribution in [2.45, 2.75) is 39.7 Å². The number of nitrogens with zero attached hydrogens (tertiary/aromatic N) is 1. The summed E-state index contributed by atoms with van der Waals surface area (Å²) in [7, 11) is 0. The average molecular weight is 242 g/mol. The van der Waals surface area contributed by atoms with Crippen LogP contribution in [-0.4, -0.2) is 15.5 Å². The van der Waals surface area contributed by atoms with Gasteiger partial charge in [-0.25, -0.2) is 0 Å². The smallest absolute Gasteiger partial charge is 0.268 e. The standard InChI is InChI=1S/C11H18N2O2S/c1-8-9(2)11(15)13(12-10(8)14)6-4-3-5-7-16/h16H,3-7H2,1-2H3,(H,12,14). The van der Waals surface area contributed by atoms with Crippen LogP contribution in [0.2, 0.25) is 0 Å². The van der Waals surface area contributed by atoms with Crippen LogP contribution in [0.5, 0.6) is 0 Å². The Morgan fingerprint density at radius 3 is 2.44 bits per heavy atom. The maximum atomic E-state index is 11.8. The summed E-state index contributed by atoms with van der Waals surface area (Å²) in [5.74, 6) is 0.859. The summed E-state index contributed by atoms with van der Waals surface area (Å²) in [4.78, 5) is 23.3. The molecule has 0 saturated carbocycles. The highest BCUT2D eigenvalue weighted by Gasteiger charge is 2.06. The van der Waals surface area contributed by atoms with Gasteiger partial charge in [-0.1, -0.05) is 6.42 Å². The molecule has 1 heterocycles. The van der Waals surface area contributed by atoms with Crippen molar-refractivity contribution in [1.82, 2.24) is 9.78 Å². The monoisotopic (exact) mass is 242 g/mol. The molecule has 90 valence electrons. The van der Waals surface area contributed by atoms with Crippen molar-refractivity contribution >= 4 is 12.6 Å². The zero-order valence-electron chi connectivity index (χ0n) is 9.75. The quantitative estimate of drug-likeness (QED) is 0.603. The Balaban J connectivity index is 2.82. The summed E-state index contributed by atoms with van der Waals surface area (Å²) >= 11 is 4.12. The molecule has 0 radical (unpaired) electrons. The lowest BCUT2D eigenvalue weighted by Crippen LogP contribution is -2.33. The molecule has 0 aliphatic carbocycles. The maximum absolute atomic E-state index is 11.8. The predicted molar refractivity (Wildman–Crippen MR) is 68.5 cm³/mol. The van der Waals surface area contributed by atoms with Crippen LogP contribution in [0.15, 0.2) is 9.59 Å². The Labute approximate surface area is 100 Å². The van der Waals surface area contributed by atoms with E-state index in [1.807, 2.05) is 0 Å². The van der Waals surface area contributed by atoms with Gasteiger partial charge in [-0.15, -0.1) is 0 Å². The fourth-order valence-electron chi connectivity index (χ4n) is 1.51. The summed E-state index contributed by atoms with van der Waals surface area (Å²) in [5.41, 5.74) is 0.781. The first-order valence-corrected chi connectivity index (χ1v) is 6.12. The largest absolute Gasteiger partial charge is 0.268 e. The fourth-order valence-corrected chi connectivity index (χ4v) is 1.73. The number of thiol groups is 1. The normalized spacial score (nSPS) is 10.7. The van der Waals surface area contributed by atoms with Crippen LogP contribution >= 0.6 is 12.6 Å². The highest BCUT2D eigenvalue weighted by molar-refractivity contribution is 7.80. The van der Waals surface area contributed by atoms with E-state index in [4.69, 9.17) is 0 Å². The molecule has 1 aromatic rings. The number of hydrogen-bond acceptors (Lipinski definition) is 3. The third-order valence-corrected chi connectivity index (χ3v) is 3.06. The second kappa shape index (κ2) is 5.94. The van der Waals surface area contributed by atoms with Crippen molar-refractivity contribution in [2.24, 2.45) is 0 Å². The van der Waals surface area contributed by atoms with Crippen LogP contribution in [0.4, 0.5) is 0 Å². The third-order valence-electron chi connectivity index (χ3n) is 2.75. The summed E-state index contributed by atoms with van der Waals surface area (Å²) in [6, 6.07) is 0. The van der Waals surface area contributed by atoms with E-state index in [0.717, 1.165) is 25.0 Å². The Kier molecular flexibility index (Phi) is 4.86. The molecule has 0 aromatic carbocycles.